The monoisotopic (exact) mass is 316 g/mol. The molecule has 2 atom stereocenters. The SMILES string of the molecule is CCC1COc2cc(C(=O)N[C@H]3CN4CCC3CC4)ccc2O1. The first-order valence-electron chi connectivity index (χ1n) is 8.69. The van der Waals surface area contributed by atoms with Gasteiger partial charge >= 0.3 is 0 Å². The summed E-state index contributed by atoms with van der Waals surface area (Å²) in [5, 5.41) is 3.22. The van der Waals surface area contributed by atoms with Crippen molar-refractivity contribution in [3.05, 3.63) is 23.8 Å². The molecule has 3 fully saturated rings. The average Bonchev–Trinajstić information content (AvgIpc) is 2.61. The van der Waals surface area contributed by atoms with Gasteiger partial charge in [0.2, 0.25) is 0 Å². The lowest BCUT2D eigenvalue weighted by atomic mass is 9.84. The minimum atomic E-state index is -0.00670. The second-order valence-corrected chi connectivity index (χ2v) is 6.84. The molecule has 3 saturated heterocycles. The lowest BCUT2D eigenvalue weighted by molar-refractivity contribution is 0.0619. The smallest absolute Gasteiger partial charge is 0.251 e. The molecule has 1 aromatic carbocycles. The van der Waals surface area contributed by atoms with Crippen molar-refractivity contribution >= 4 is 5.91 Å². The number of carbonyl (C=O) groups is 1. The number of benzene rings is 1. The Kier molecular flexibility index (Phi) is 3.89. The summed E-state index contributed by atoms with van der Waals surface area (Å²) in [7, 11) is 0. The summed E-state index contributed by atoms with van der Waals surface area (Å²) < 4.78 is 11.6. The van der Waals surface area contributed by atoms with E-state index in [9.17, 15) is 4.79 Å². The number of amides is 1. The van der Waals surface area contributed by atoms with Gasteiger partial charge in [0.25, 0.3) is 5.91 Å². The molecule has 1 aromatic rings. The molecular weight excluding hydrogens is 292 g/mol. The molecule has 1 N–H and O–H groups in total. The molecule has 0 saturated carbocycles. The number of nitrogens with one attached hydrogen (secondary N) is 1. The van der Waals surface area contributed by atoms with Gasteiger partial charge in [0, 0.05) is 18.2 Å². The molecule has 0 aromatic heterocycles. The number of hydrogen-bond acceptors (Lipinski definition) is 4. The highest BCUT2D eigenvalue weighted by molar-refractivity contribution is 5.95. The van der Waals surface area contributed by atoms with Gasteiger partial charge in [-0.05, 0) is 56.5 Å². The van der Waals surface area contributed by atoms with Crippen LogP contribution in [-0.2, 0) is 0 Å². The maximum Gasteiger partial charge on any atom is 0.251 e. The first kappa shape index (κ1) is 14.8. The Morgan fingerprint density at radius 1 is 1.30 bits per heavy atom. The number of nitrogens with zero attached hydrogens (tertiary/aromatic N) is 1. The first-order valence-corrected chi connectivity index (χ1v) is 8.69. The van der Waals surface area contributed by atoms with Crippen LogP contribution in [0.2, 0.25) is 0 Å². The van der Waals surface area contributed by atoms with E-state index in [1.807, 2.05) is 12.1 Å². The van der Waals surface area contributed by atoms with Gasteiger partial charge in [-0.15, -0.1) is 0 Å². The minimum absolute atomic E-state index is 0.00670. The van der Waals surface area contributed by atoms with E-state index in [4.69, 9.17) is 9.47 Å². The van der Waals surface area contributed by atoms with Crippen LogP contribution in [0, 0.1) is 5.92 Å². The molecule has 4 aliphatic rings. The summed E-state index contributed by atoms with van der Waals surface area (Å²) in [6.45, 7) is 5.97. The highest BCUT2D eigenvalue weighted by Crippen LogP contribution is 2.33. The standard InChI is InChI=1S/C18H24N2O3/c1-2-14-11-22-17-9-13(3-4-16(17)23-14)18(21)19-15-10-20-7-5-12(15)6-8-20/h3-4,9,12,14-15H,2,5-8,10-11H2,1H3,(H,19,21)/t14?,15-/m0/s1. The van der Waals surface area contributed by atoms with Crippen molar-refractivity contribution in [3.8, 4) is 11.5 Å². The van der Waals surface area contributed by atoms with Gasteiger partial charge in [0.05, 0.1) is 0 Å². The minimum Gasteiger partial charge on any atom is -0.486 e. The maximum absolute atomic E-state index is 12.6. The van der Waals surface area contributed by atoms with Crippen LogP contribution in [0.4, 0.5) is 0 Å². The summed E-state index contributed by atoms with van der Waals surface area (Å²) in [4.78, 5) is 15.0. The van der Waals surface area contributed by atoms with Crippen LogP contribution >= 0.6 is 0 Å². The van der Waals surface area contributed by atoms with Gasteiger partial charge in [0.15, 0.2) is 11.5 Å². The number of hydrogen-bond donors (Lipinski definition) is 1. The van der Waals surface area contributed by atoms with Crippen molar-refractivity contribution < 1.29 is 14.3 Å². The van der Waals surface area contributed by atoms with Crippen molar-refractivity contribution in [3.63, 3.8) is 0 Å². The number of ether oxygens (including phenoxy) is 2. The normalized spacial score (nSPS) is 31.7. The van der Waals surface area contributed by atoms with Gasteiger partial charge in [-0.25, -0.2) is 0 Å². The number of rotatable bonds is 3. The molecule has 23 heavy (non-hydrogen) atoms. The molecule has 0 radical (unpaired) electrons. The van der Waals surface area contributed by atoms with E-state index < -0.39 is 0 Å². The Balaban J connectivity index is 1.45. The van der Waals surface area contributed by atoms with E-state index in [0.29, 0.717) is 23.8 Å². The molecule has 4 heterocycles. The lowest BCUT2D eigenvalue weighted by Gasteiger charge is -2.44. The van der Waals surface area contributed by atoms with Gasteiger partial charge in [-0.2, -0.15) is 0 Å². The Bertz CT molecular complexity index is 596. The molecule has 2 bridgehead atoms. The van der Waals surface area contributed by atoms with Gasteiger partial charge in [0.1, 0.15) is 12.7 Å². The van der Waals surface area contributed by atoms with Gasteiger partial charge in [-0.3, -0.25) is 4.79 Å². The van der Waals surface area contributed by atoms with Crippen LogP contribution in [0.1, 0.15) is 36.5 Å². The molecule has 5 rings (SSSR count). The van der Waals surface area contributed by atoms with E-state index in [2.05, 4.69) is 17.1 Å². The highest BCUT2D eigenvalue weighted by atomic mass is 16.6. The molecule has 0 spiro atoms. The predicted octanol–water partition coefficient (Wildman–Crippen LogP) is 2.06. The third kappa shape index (κ3) is 2.90. The Hall–Kier alpha value is -1.75. The summed E-state index contributed by atoms with van der Waals surface area (Å²) in [5.74, 6) is 2.04. The number of piperidine rings is 3. The van der Waals surface area contributed by atoms with Crippen molar-refractivity contribution in [2.75, 3.05) is 26.2 Å². The molecule has 1 amide bonds. The predicted molar refractivity (Wildman–Crippen MR) is 87.1 cm³/mol. The molecule has 1 unspecified atom stereocenters. The molecule has 124 valence electrons. The van der Waals surface area contributed by atoms with E-state index in [1.165, 1.54) is 25.9 Å². The zero-order valence-corrected chi connectivity index (χ0v) is 13.6. The average molecular weight is 316 g/mol. The lowest BCUT2D eigenvalue weighted by Crippen LogP contribution is -2.57. The third-order valence-corrected chi connectivity index (χ3v) is 5.35. The van der Waals surface area contributed by atoms with Crippen molar-refractivity contribution in [2.45, 2.75) is 38.3 Å². The van der Waals surface area contributed by atoms with Crippen LogP contribution in [0.5, 0.6) is 11.5 Å². The molecule has 0 aliphatic carbocycles. The van der Waals surface area contributed by atoms with Crippen LogP contribution in [0.3, 0.4) is 0 Å². The Morgan fingerprint density at radius 3 is 2.83 bits per heavy atom. The third-order valence-electron chi connectivity index (χ3n) is 5.35. The maximum atomic E-state index is 12.6. The number of fused-ring (bicyclic) bond motifs is 4. The number of carbonyl (C=O) groups excluding carboxylic acids is 1. The molecule has 5 nitrogen and oxygen atoms in total. The summed E-state index contributed by atoms with van der Waals surface area (Å²) in [6, 6.07) is 5.76. The Morgan fingerprint density at radius 2 is 2.13 bits per heavy atom. The first-order chi connectivity index (χ1) is 11.2. The highest BCUT2D eigenvalue weighted by Gasteiger charge is 2.35. The van der Waals surface area contributed by atoms with Gasteiger partial charge in [-0.1, -0.05) is 6.92 Å². The summed E-state index contributed by atoms with van der Waals surface area (Å²) in [6.07, 6.45) is 3.42. The second-order valence-electron chi connectivity index (χ2n) is 6.84. The fraction of sp³-hybridized carbons (Fsp3) is 0.611. The zero-order chi connectivity index (χ0) is 15.8. The van der Waals surface area contributed by atoms with Crippen LogP contribution in [0.15, 0.2) is 18.2 Å². The van der Waals surface area contributed by atoms with Crippen molar-refractivity contribution in [2.24, 2.45) is 5.92 Å². The fourth-order valence-electron chi connectivity index (χ4n) is 3.84. The zero-order valence-electron chi connectivity index (χ0n) is 13.6. The van der Waals surface area contributed by atoms with Crippen LogP contribution in [-0.4, -0.2) is 49.2 Å². The van der Waals surface area contributed by atoms with Crippen molar-refractivity contribution in [1.29, 1.82) is 0 Å². The van der Waals surface area contributed by atoms with Gasteiger partial charge < -0.3 is 19.7 Å². The fourth-order valence-corrected chi connectivity index (χ4v) is 3.84. The van der Waals surface area contributed by atoms with E-state index in [1.54, 1.807) is 6.07 Å². The van der Waals surface area contributed by atoms with E-state index >= 15 is 0 Å². The molecule has 5 heteroatoms. The Labute approximate surface area is 136 Å². The summed E-state index contributed by atoms with van der Waals surface area (Å²) in [5.41, 5.74) is 0.652. The molecular formula is C18H24N2O3. The van der Waals surface area contributed by atoms with Crippen LogP contribution < -0.4 is 14.8 Å². The summed E-state index contributed by atoms with van der Waals surface area (Å²) >= 11 is 0. The van der Waals surface area contributed by atoms with Crippen LogP contribution in [0.25, 0.3) is 0 Å². The van der Waals surface area contributed by atoms with E-state index in [-0.39, 0.29) is 18.1 Å². The molecule has 4 aliphatic heterocycles. The quantitative estimate of drug-likeness (QED) is 0.927. The van der Waals surface area contributed by atoms with E-state index in [0.717, 1.165) is 18.7 Å². The topological polar surface area (TPSA) is 50.8 Å². The second kappa shape index (κ2) is 6.04. The largest absolute Gasteiger partial charge is 0.486 e. The van der Waals surface area contributed by atoms with Crippen molar-refractivity contribution in [1.82, 2.24) is 10.2 Å².